The smallest absolute Gasteiger partial charge is 0.0703 e. The van der Waals surface area contributed by atoms with Crippen LogP contribution in [0.5, 0.6) is 0 Å². The molecule has 3 aliphatic carbocycles. The molecule has 0 spiro atoms. The molecule has 3 aliphatic rings. The molecule has 0 N–H and O–H groups in total. The molecule has 0 aromatic carbocycles. The van der Waals surface area contributed by atoms with Gasteiger partial charge in [-0.3, -0.25) is 0 Å². The van der Waals surface area contributed by atoms with Crippen LogP contribution in [0, 0.1) is 23.2 Å². The van der Waals surface area contributed by atoms with Crippen LogP contribution in [0.15, 0.2) is 0 Å². The lowest BCUT2D eigenvalue weighted by molar-refractivity contribution is -0.0979. The van der Waals surface area contributed by atoms with Crippen LogP contribution >= 0.6 is 0 Å². The normalized spacial score (nSPS) is 53.4. The number of rotatable bonds is 0. The molecular formula is C10H17B. The highest BCUT2D eigenvalue weighted by molar-refractivity contribution is 6.12. The summed E-state index contributed by atoms with van der Waals surface area (Å²) in [6.45, 7) is 7.15. The molecule has 0 nitrogen and oxygen atoms in total. The Kier molecular flexibility index (Phi) is 1.44. The third-order valence-corrected chi connectivity index (χ3v) is 4.41. The Morgan fingerprint density at radius 3 is 2.27 bits per heavy atom. The van der Waals surface area contributed by atoms with Gasteiger partial charge in [-0.05, 0) is 29.6 Å². The first-order chi connectivity index (χ1) is 5.03. The van der Waals surface area contributed by atoms with Crippen molar-refractivity contribution in [3.05, 3.63) is 0 Å². The van der Waals surface area contributed by atoms with E-state index in [9.17, 15) is 0 Å². The predicted octanol–water partition coefficient (Wildman–Crippen LogP) is 2.65. The van der Waals surface area contributed by atoms with Crippen LogP contribution in [0.2, 0.25) is 5.82 Å². The van der Waals surface area contributed by atoms with Gasteiger partial charge in [0.2, 0.25) is 0 Å². The van der Waals surface area contributed by atoms with Crippen molar-refractivity contribution in [2.24, 2.45) is 23.2 Å². The van der Waals surface area contributed by atoms with Gasteiger partial charge in [-0.15, -0.1) is 0 Å². The summed E-state index contributed by atoms with van der Waals surface area (Å²) < 4.78 is 0. The highest BCUT2D eigenvalue weighted by atomic mass is 14.6. The lowest BCUT2D eigenvalue weighted by atomic mass is 9.41. The molecule has 3 rings (SSSR count). The minimum Gasteiger partial charge on any atom is -0.0743 e. The molecule has 1 heteroatoms. The van der Waals surface area contributed by atoms with Crippen molar-refractivity contribution < 1.29 is 0 Å². The molecule has 0 amide bonds. The van der Waals surface area contributed by atoms with Crippen LogP contribution in [0.25, 0.3) is 0 Å². The highest BCUT2D eigenvalue weighted by Gasteiger charge is 2.54. The Hall–Kier alpha value is 0.0649. The maximum atomic E-state index is 6.02. The van der Waals surface area contributed by atoms with Gasteiger partial charge >= 0.3 is 0 Å². The second kappa shape index (κ2) is 2.05. The Morgan fingerprint density at radius 1 is 1.27 bits per heavy atom. The summed E-state index contributed by atoms with van der Waals surface area (Å²) in [4.78, 5) is 0. The fraction of sp³-hybridized carbons (Fsp3) is 1.00. The molecule has 2 radical (unpaired) electrons. The van der Waals surface area contributed by atoms with E-state index in [4.69, 9.17) is 7.85 Å². The SMILES string of the molecule is [B][C@@H]1C[C@H]2C[C@H]([C@@H]1C)C2(C)C. The fourth-order valence-electron chi connectivity index (χ4n) is 3.19. The van der Waals surface area contributed by atoms with E-state index in [0.717, 1.165) is 17.8 Å². The molecule has 0 saturated heterocycles. The molecule has 2 bridgehead atoms. The maximum Gasteiger partial charge on any atom is 0.0703 e. The molecule has 0 heterocycles. The number of fused-ring (bicyclic) bond motifs is 2. The summed E-state index contributed by atoms with van der Waals surface area (Å²) in [6.07, 6.45) is 2.71. The molecule has 0 unspecified atom stereocenters. The van der Waals surface area contributed by atoms with E-state index in [2.05, 4.69) is 20.8 Å². The molecule has 3 fully saturated rings. The predicted molar refractivity (Wildman–Crippen MR) is 48.7 cm³/mol. The van der Waals surface area contributed by atoms with Crippen molar-refractivity contribution in [1.82, 2.24) is 0 Å². The van der Waals surface area contributed by atoms with Crippen LogP contribution in [0.1, 0.15) is 33.6 Å². The lowest BCUT2D eigenvalue weighted by Gasteiger charge is -2.62. The Labute approximate surface area is 71.2 Å². The van der Waals surface area contributed by atoms with Gasteiger partial charge in [-0.1, -0.05) is 33.0 Å². The van der Waals surface area contributed by atoms with Gasteiger partial charge in [-0.2, -0.15) is 0 Å². The van der Waals surface area contributed by atoms with E-state index in [1.165, 1.54) is 12.8 Å². The third kappa shape index (κ3) is 0.831. The van der Waals surface area contributed by atoms with Crippen LogP contribution < -0.4 is 0 Å². The zero-order valence-corrected chi connectivity index (χ0v) is 7.80. The van der Waals surface area contributed by atoms with E-state index < -0.39 is 0 Å². The molecule has 60 valence electrons. The molecule has 0 aromatic heterocycles. The minimum atomic E-state index is 0.492. The largest absolute Gasteiger partial charge is 0.0743 e. The Balaban J connectivity index is 2.17. The third-order valence-electron chi connectivity index (χ3n) is 4.41. The minimum absolute atomic E-state index is 0.492. The number of hydrogen-bond donors (Lipinski definition) is 0. The van der Waals surface area contributed by atoms with Gasteiger partial charge in [0.05, 0.1) is 7.85 Å². The summed E-state index contributed by atoms with van der Waals surface area (Å²) in [5.41, 5.74) is 0.606. The highest BCUT2D eigenvalue weighted by Crippen LogP contribution is 2.63. The average molecular weight is 148 g/mol. The van der Waals surface area contributed by atoms with E-state index in [0.29, 0.717) is 11.2 Å². The summed E-state index contributed by atoms with van der Waals surface area (Å²) >= 11 is 0. The molecule has 3 saturated carbocycles. The Bertz CT molecular complexity index is 174. The van der Waals surface area contributed by atoms with Gasteiger partial charge in [0.1, 0.15) is 0 Å². The van der Waals surface area contributed by atoms with Crippen molar-refractivity contribution >= 4 is 7.85 Å². The fourth-order valence-corrected chi connectivity index (χ4v) is 3.19. The quantitative estimate of drug-likeness (QED) is 0.463. The monoisotopic (exact) mass is 148 g/mol. The van der Waals surface area contributed by atoms with E-state index >= 15 is 0 Å². The summed E-state index contributed by atoms with van der Waals surface area (Å²) in [5.74, 6) is 3.09. The van der Waals surface area contributed by atoms with Crippen LogP contribution in [-0.4, -0.2) is 7.85 Å². The molecule has 11 heavy (non-hydrogen) atoms. The zero-order chi connectivity index (χ0) is 8.22. The first-order valence-electron chi connectivity index (χ1n) is 4.79. The van der Waals surface area contributed by atoms with Crippen molar-refractivity contribution in [2.45, 2.75) is 39.4 Å². The van der Waals surface area contributed by atoms with Crippen molar-refractivity contribution in [3.8, 4) is 0 Å². The zero-order valence-electron chi connectivity index (χ0n) is 7.80. The van der Waals surface area contributed by atoms with Gasteiger partial charge in [0.25, 0.3) is 0 Å². The first kappa shape index (κ1) is 7.70. The van der Waals surface area contributed by atoms with Crippen molar-refractivity contribution in [3.63, 3.8) is 0 Å². The number of hydrogen-bond acceptors (Lipinski definition) is 0. The lowest BCUT2D eigenvalue weighted by Crippen LogP contribution is -2.53. The van der Waals surface area contributed by atoms with Crippen LogP contribution in [0.3, 0.4) is 0 Å². The Morgan fingerprint density at radius 2 is 1.91 bits per heavy atom. The average Bonchev–Trinajstić information content (AvgIpc) is 1.93. The second-order valence-electron chi connectivity index (χ2n) is 5.12. The van der Waals surface area contributed by atoms with Crippen LogP contribution in [0.4, 0.5) is 0 Å². The first-order valence-corrected chi connectivity index (χ1v) is 4.79. The second-order valence-corrected chi connectivity index (χ2v) is 5.12. The van der Waals surface area contributed by atoms with Gasteiger partial charge in [0.15, 0.2) is 0 Å². The summed E-state index contributed by atoms with van der Waals surface area (Å²) in [7, 11) is 6.02. The standard InChI is InChI=1S/C10H17B/c1-6-8-4-7(5-9(6)11)10(8,2)3/h6-9H,4-5H2,1-3H3/t6-,7+,8+,9+/m0/s1. The van der Waals surface area contributed by atoms with Crippen LogP contribution in [-0.2, 0) is 0 Å². The van der Waals surface area contributed by atoms with E-state index in [-0.39, 0.29) is 0 Å². The van der Waals surface area contributed by atoms with Gasteiger partial charge < -0.3 is 0 Å². The summed E-state index contributed by atoms with van der Waals surface area (Å²) in [5, 5.41) is 0. The van der Waals surface area contributed by atoms with Crippen molar-refractivity contribution in [1.29, 1.82) is 0 Å². The molecular weight excluding hydrogens is 131 g/mol. The van der Waals surface area contributed by atoms with Crippen molar-refractivity contribution in [2.75, 3.05) is 0 Å². The topological polar surface area (TPSA) is 0 Å². The maximum absolute atomic E-state index is 6.02. The van der Waals surface area contributed by atoms with Gasteiger partial charge in [-0.25, -0.2) is 0 Å². The van der Waals surface area contributed by atoms with E-state index in [1.807, 2.05) is 0 Å². The summed E-state index contributed by atoms with van der Waals surface area (Å²) in [6, 6.07) is 0. The van der Waals surface area contributed by atoms with E-state index in [1.54, 1.807) is 0 Å². The van der Waals surface area contributed by atoms with Gasteiger partial charge in [0, 0.05) is 0 Å². The molecule has 0 aliphatic heterocycles. The molecule has 4 atom stereocenters. The molecule has 0 aromatic rings.